The fourth-order valence-corrected chi connectivity index (χ4v) is 3.50. The number of hydrogen-bond donors (Lipinski definition) is 1. The highest BCUT2D eigenvalue weighted by Gasteiger charge is 2.36. The minimum atomic E-state index is -0.502. The third kappa shape index (κ3) is 4.74. The molecule has 1 heterocycles. The summed E-state index contributed by atoms with van der Waals surface area (Å²) in [5.41, 5.74) is 1.23. The summed E-state index contributed by atoms with van der Waals surface area (Å²) in [6.07, 6.45) is 1.60. The Bertz CT molecular complexity index is 943. The summed E-state index contributed by atoms with van der Waals surface area (Å²) in [4.78, 5) is 38.3. The monoisotopic (exact) mass is 416 g/mol. The topological polar surface area (TPSA) is 75.7 Å². The van der Waals surface area contributed by atoms with Crippen LogP contribution in [0.2, 0.25) is 5.02 Å². The quantitative estimate of drug-likeness (QED) is 0.706. The molecule has 1 N–H and O–H groups in total. The average Bonchev–Trinajstić information content (AvgIpc) is 2.93. The molecule has 28 heavy (non-hydrogen) atoms. The number of carbonyl (C=O) groups excluding carboxylic acids is 3. The van der Waals surface area contributed by atoms with Crippen LogP contribution in [0.4, 0.5) is 10.5 Å². The van der Waals surface area contributed by atoms with Gasteiger partial charge in [-0.05, 0) is 54.6 Å². The Morgan fingerprint density at radius 3 is 2.61 bits per heavy atom. The van der Waals surface area contributed by atoms with Gasteiger partial charge in [0.25, 0.3) is 11.1 Å². The zero-order valence-electron chi connectivity index (χ0n) is 15.0. The van der Waals surface area contributed by atoms with E-state index in [2.05, 4.69) is 5.32 Å². The predicted molar refractivity (Wildman–Crippen MR) is 110 cm³/mol. The van der Waals surface area contributed by atoms with Crippen molar-refractivity contribution in [2.75, 3.05) is 18.5 Å². The summed E-state index contributed by atoms with van der Waals surface area (Å²) in [5.74, 6) is -0.462. The number of nitrogens with one attached hydrogen (secondary N) is 1. The first-order chi connectivity index (χ1) is 13.5. The molecule has 1 saturated heterocycles. The molecule has 0 bridgehead atoms. The van der Waals surface area contributed by atoms with E-state index >= 15 is 0 Å². The zero-order chi connectivity index (χ0) is 20.1. The summed E-state index contributed by atoms with van der Waals surface area (Å²) < 4.78 is 5.46. The summed E-state index contributed by atoms with van der Waals surface area (Å²) in [6.45, 7) is 1.92. The van der Waals surface area contributed by atoms with Gasteiger partial charge in [0.05, 0.1) is 17.2 Å². The molecule has 0 saturated carbocycles. The minimum Gasteiger partial charge on any atom is -0.492 e. The number of ether oxygens (including phenoxy) is 1. The van der Waals surface area contributed by atoms with Crippen molar-refractivity contribution in [2.45, 2.75) is 6.92 Å². The Kier molecular flexibility index (Phi) is 6.38. The third-order valence-corrected chi connectivity index (χ3v) is 4.96. The van der Waals surface area contributed by atoms with E-state index in [1.807, 2.05) is 6.92 Å². The zero-order valence-corrected chi connectivity index (χ0v) is 16.5. The molecule has 0 aliphatic carbocycles. The van der Waals surface area contributed by atoms with Crippen LogP contribution in [-0.4, -0.2) is 35.1 Å². The Morgan fingerprint density at radius 1 is 1.18 bits per heavy atom. The number of anilines is 1. The molecule has 1 fully saturated rings. The number of rotatable bonds is 6. The van der Waals surface area contributed by atoms with Crippen molar-refractivity contribution >= 4 is 52.2 Å². The van der Waals surface area contributed by atoms with Gasteiger partial charge in [0.1, 0.15) is 12.3 Å². The molecule has 2 aromatic carbocycles. The van der Waals surface area contributed by atoms with E-state index < -0.39 is 17.1 Å². The summed E-state index contributed by atoms with van der Waals surface area (Å²) >= 11 is 6.65. The molecule has 6 nitrogen and oxygen atoms in total. The normalized spacial score (nSPS) is 15.2. The average molecular weight is 417 g/mol. The summed E-state index contributed by atoms with van der Waals surface area (Å²) in [7, 11) is 0. The third-order valence-electron chi connectivity index (χ3n) is 3.80. The van der Waals surface area contributed by atoms with Gasteiger partial charge in [-0.15, -0.1) is 0 Å². The second-order valence-electron chi connectivity index (χ2n) is 5.80. The van der Waals surface area contributed by atoms with E-state index in [1.165, 1.54) is 0 Å². The van der Waals surface area contributed by atoms with Crippen LogP contribution in [0, 0.1) is 0 Å². The second-order valence-corrected chi connectivity index (χ2v) is 7.23. The molecule has 3 amide bonds. The molecule has 144 valence electrons. The van der Waals surface area contributed by atoms with Gasteiger partial charge in [-0.25, -0.2) is 0 Å². The van der Waals surface area contributed by atoms with Gasteiger partial charge >= 0.3 is 0 Å². The fourth-order valence-electron chi connectivity index (χ4n) is 2.53. The second kappa shape index (κ2) is 8.95. The predicted octanol–water partition coefficient (Wildman–Crippen LogP) is 4.41. The SMILES string of the molecule is CCOc1ccccc1NC(=O)CN1C(=O)S/C(=C\c2ccc(Cl)cc2)C1=O. The van der Waals surface area contributed by atoms with Gasteiger partial charge < -0.3 is 10.1 Å². The van der Waals surface area contributed by atoms with Crippen LogP contribution in [0.25, 0.3) is 6.08 Å². The minimum absolute atomic E-state index is 0.259. The highest BCUT2D eigenvalue weighted by Crippen LogP contribution is 2.32. The first kappa shape index (κ1) is 20.0. The van der Waals surface area contributed by atoms with Crippen molar-refractivity contribution in [3.63, 3.8) is 0 Å². The maximum absolute atomic E-state index is 12.5. The molecule has 2 aromatic rings. The number of hydrogen-bond acceptors (Lipinski definition) is 5. The maximum Gasteiger partial charge on any atom is 0.294 e. The van der Waals surface area contributed by atoms with Gasteiger partial charge in [-0.1, -0.05) is 35.9 Å². The molecular weight excluding hydrogens is 400 g/mol. The van der Waals surface area contributed by atoms with E-state index in [9.17, 15) is 14.4 Å². The van der Waals surface area contributed by atoms with Gasteiger partial charge in [-0.2, -0.15) is 0 Å². The van der Waals surface area contributed by atoms with Crippen molar-refractivity contribution < 1.29 is 19.1 Å². The van der Waals surface area contributed by atoms with Crippen LogP contribution >= 0.6 is 23.4 Å². The molecule has 0 unspecified atom stereocenters. The van der Waals surface area contributed by atoms with Crippen molar-refractivity contribution in [3.05, 3.63) is 64.0 Å². The van der Waals surface area contributed by atoms with Crippen molar-refractivity contribution in [1.29, 1.82) is 0 Å². The Labute approximate surface area is 171 Å². The van der Waals surface area contributed by atoms with E-state index in [0.29, 0.717) is 23.1 Å². The molecule has 8 heteroatoms. The highest BCUT2D eigenvalue weighted by atomic mass is 35.5. The molecule has 0 aromatic heterocycles. The molecule has 0 atom stereocenters. The lowest BCUT2D eigenvalue weighted by atomic mass is 10.2. The summed E-state index contributed by atoms with van der Waals surface area (Å²) in [5, 5.41) is 2.77. The number of halogens is 1. The first-order valence-electron chi connectivity index (χ1n) is 8.50. The van der Waals surface area contributed by atoms with E-state index in [-0.39, 0.29) is 11.4 Å². The number of amides is 3. The number of thioether (sulfide) groups is 1. The van der Waals surface area contributed by atoms with Crippen LogP contribution < -0.4 is 10.1 Å². The fraction of sp³-hybridized carbons (Fsp3) is 0.150. The van der Waals surface area contributed by atoms with Gasteiger partial charge in [-0.3, -0.25) is 19.3 Å². The van der Waals surface area contributed by atoms with Crippen LogP contribution in [0.5, 0.6) is 5.75 Å². The standard InChI is InChI=1S/C20H17ClN2O4S/c1-2-27-16-6-4-3-5-15(16)22-18(24)12-23-19(25)17(28-20(23)26)11-13-7-9-14(21)10-8-13/h3-11H,2,12H2,1H3,(H,22,24)/b17-11-. The Hall–Kier alpha value is -2.77. The van der Waals surface area contributed by atoms with E-state index in [4.69, 9.17) is 16.3 Å². The molecule has 0 spiro atoms. The largest absolute Gasteiger partial charge is 0.492 e. The smallest absolute Gasteiger partial charge is 0.294 e. The van der Waals surface area contributed by atoms with E-state index in [1.54, 1.807) is 54.6 Å². The lowest BCUT2D eigenvalue weighted by Gasteiger charge is -2.14. The Morgan fingerprint density at radius 2 is 1.89 bits per heavy atom. The lowest BCUT2D eigenvalue weighted by molar-refractivity contribution is -0.127. The number of benzene rings is 2. The van der Waals surface area contributed by atoms with E-state index in [0.717, 1.165) is 22.2 Å². The van der Waals surface area contributed by atoms with Crippen LogP contribution in [0.3, 0.4) is 0 Å². The van der Waals surface area contributed by atoms with Gasteiger partial charge in [0, 0.05) is 5.02 Å². The van der Waals surface area contributed by atoms with Crippen LogP contribution in [0.1, 0.15) is 12.5 Å². The van der Waals surface area contributed by atoms with Crippen molar-refractivity contribution in [1.82, 2.24) is 4.90 Å². The number of nitrogens with zero attached hydrogens (tertiary/aromatic N) is 1. The maximum atomic E-state index is 12.5. The number of carbonyl (C=O) groups is 3. The molecule has 3 rings (SSSR count). The van der Waals surface area contributed by atoms with Gasteiger partial charge in [0.15, 0.2) is 0 Å². The summed E-state index contributed by atoms with van der Waals surface area (Å²) in [6, 6.07) is 13.8. The van der Waals surface area contributed by atoms with Crippen molar-refractivity contribution in [2.24, 2.45) is 0 Å². The molecule has 1 aliphatic rings. The first-order valence-corrected chi connectivity index (χ1v) is 9.70. The molecule has 0 radical (unpaired) electrons. The van der Waals surface area contributed by atoms with Crippen LogP contribution in [-0.2, 0) is 9.59 Å². The lowest BCUT2D eigenvalue weighted by Crippen LogP contribution is -2.36. The highest BCUT2D eigenvalue weighted by molar-refractivity contribution is 8.18. The van der Waals surface area contributed by atoms with Crippen molar-refractivity contribution in [3.8, 4) is 5.75 Å². The Balaban J connectivity index is 1.69. The number of para-hydroxylation sites is 2. The molecular formula is C20H17ClN2O4S. The van der Waals surface area contributed by atoms with Crippen LogP contribution in [0.15, 0.2) is 53.4 Å². The van der Waals surface area contributed by atoms with Gasteiger partial charge in [0.2, 0.25) is 5.91 Å². The number of imide groups is 1. The molecule has 1 aliphatic heterocycles.